The van der Waals surface area contributed by atoms with Crippen molar-refractivity contribution in [3.05, 3.63) is 54.5 Å². The summed E-state index contributed by atoms with van der Waals surface area (Å²) in [4.78, 5) is 0. The molecule has 0 heterocycles. The number of hydrogen-bond acceptors (Lipinski definition) is 0. The number of hydrogen-bond donors (Lipinski definition) is 0. The molecule has 1 aliphatic carbocycles. The molecule has 0 nitrogen and oxygen atoms in total. The molecule has 1 aromatic rings. The fourth-order valence-corrected chi connectivity index (χ4v) is 1.12. The summed E-state index contributed by atoms with van der Waals surface area (Å²) in [5.74, 6) is 0.584. The molecule has 0 N–H and O–H groups in total. The minimum Gasteiger partial charge on any atom is -0.0832 e. The van der Waals surface area contributed by atoms with Crippen LogP contribution in [0.15, 0.2) is 42.5 Å². The molecule has 49 valence electrons. The summed E-state index contributed by atoms with van der Waals surface area (Å²) >= 11 is 0. The zero-order valence-electron chi connectivity index (χ0n) is 5.70. The lowest BCUT2D eigenvalue weighted by Crippen LogP contribution is -2.00. The maximum absolute atomic E-state index is 2.20. The maximum atomic E-state index is 2.20. The van der Waals surface area contributed by atoms with Crippen LogP contribution in [0.5, 0.6) is 0 Å². The summed E-state index contributed by atoms with van der Waals surface area (Å²) in [6.45, 7) is 0. The highest BCUT2D eigenvalue weighted by molar-refractivity contribution is 5.35. The van der Waals surface area contributed by atoms with E-state index in [0.717, 1.165) is 0 Å². The summed E-state index contributed by atoms with van der Waals surface area (Å²) in [5.41, 5.74) is 1.39. The topological polar surface area (TPSA) is 0 Å². The molecule has 0 heteroatoms. The third-order valence-electron chi connectivity index (χ3n) is 1.82. The Kier molecular flexibility index (Phi) is 1.31. The largest absolute Gasteiger partial charge is 0.0832 e. The third kappa shape index (κ3) is 0.860. The fraction of sp³-hybridized carbons (Fsp3) is 0.100. The van der Waals surface area contributed by atoms with Gasteiger partial charge in [0.2, 0.25) is 0 Å². The predicted octanol–water partition coefficient (Wildman–Crippen LogP) is 2.54. The van der Waals surface area contributed by atoms with Crippen LogP contribution in [-0.4, -0.2) is 0 Å². The third-order valence-corrected chi connectivity index (χ3v) is 1.82. The van der Waals surface area contributed by atoms with E-state index in [2.05, 4.69) is 42.8 Å². The van der Waals surface area contributed by atoms with E-state index in [-0.39, 0.29) is 0 Å². The molecule has 1 unspecified atom stereocenters. The van der Waals surface area contributed by atoms with E-state index in [4.69, 9.17) is 0 Å². The van der Waals surface area contributed by atoms with Crippen LogP contribution in [0.3, 0.4) is 0 Å². The molecule has 1 atom stereocenters. The molecule has 0 saturated carbocycles. The van der Waals surface area contributed by atoms with Gasteiger partial charge in [-0.05, 0) is 12.0 Å². The van der Waals surface area contributed by atoms with Gasteiger partial charge in [0.1, 0.15) is 0 Å². The van der Waals surface area contributed by atoms with E-state index in [1.54, 1.807) is 0 Å². The normalized spacial score (nSPS) is 22.2. The van der Waals surface area contributed by atoms with Crippen LogP contribution in [0.1, 0.15) is 11.5 Å². The van der Waals surface area contributed by atoms with Gasteiger partial charge in [-0.25, -0.2) is 0 Å². The van der Waals surface area contributed by atoms with E-state index in [1.807, 2.05) is 6.07 Å². The van der Waals surface area contributed by atoms with Crippen LogP contribution >= 0.6 is 0 Å². The highest BCUT2D eigenvalue weighted by Crippen LogP contribution is 2.27. The van der Waals surface area contributed by atoms with Gasteiger partial charge in [-0.2, -0.15) is 0 Å². The van der Waals surface area contributed by atoms with E-state index in [9.17, 15) is 0 Å². The Morgan fingerprint density at radius 1 is 1.00 bits per heavy atom. The minimum absolute atomic E-state index is 0.584. The van der Waals surface area contributed by atoms with Crippen molar-refractivity contribution < 1.29 is 0 Å². The molecule has 0 bridgehead atoms. The SMILES string of the molecule is [CH]1C=CC1c1ccccc1. The Bertz CT molecular complexity index is 233. The summed E-state index contributed by atoms with van der Waals surface area (Å²) in [6, 6.07) is 10.5. The molecule has 10 heavy (non-hydrogen) atoms. The first-order valence-electron chi connectivity index (χ1n) is 3.53. The maximum Gasteiger partial charge on any atom is 0.00868 e. The molecular weight excluding hydrogens is 120 g/mol. The zero-order chi connectivity index (χ0) is 6.81. The first-order chi connectivity index (χ1) is 4.97. The molecule has 0 saturated heterocycles. The standard InChI is InChI=1S/C10H9/c1-2-5-9(6-3-1)10-7-4-8-10/h1-8,10H. The van der Waals surface area contributed by atoms with Crippen molar-refractivity contribution in [3.63, 3.8) is 0 Å². The number of benzene rings is 1. The van der Waals surface area contributed by atoms with Gasteiger partial charge in [-0.3, -0.25) is 0 Å². The molecule has 0 amide bonds. The van der Waals surface area contributed by atoms with Gasteiger partial charge in [-0.1, -0.05) is 42.5 Å². The van der Waals surface area contributed by atoms with Gasteiger partial charge in [0.05, 0.1) is 0 Å². The fourth-order valence-electron chi connectivity index (χ4n) is 1.12. The molecule has 0 aliphatic heterocycles. The van der Waals surface area contributed by atoms with Gasteiger partial charge < -0.3 is 0 Å². The van der Waals surface area contributed by atoms with E-state index < -0.39 is 0 Å². The summed E-state index contributed by atoms with van der Waals surface area (Å²) in [5, 5.41) is 0. The molecule has 0 aromatic heterocycles. The van der Waals surface area contributed by atoms with Crippen molar-refractivity contribution in [2.75, 3.05) is 0 Å². The molecule has 1 aliphatic rings. The van der Waals surface area contributed by atoms with Gasteiger partial charge in [-0.15, -0.1) is 0 Å². The Morgan fingerprint density at radius 3 is 2.20 bits per heavy atom. The average Bonchev–Trinajstić information content (AvgIpc) is 1.86. The molecule has 2 rings (SSSR count). The Labute approximate surface area is 61.2 Å². The van der Waals surface area contributed by atoms with Crippen molar-refractivity contribution in [3.8, 4) is 0 Å². The zero-order valence-corrected chi connectivity index (χ0v) is 5.70. The van der Waals surface area contributed by atoms with Gasteiger partial charge in [0.15, 0.2) is 0 Å². The van der Waals surface area contributed by atoms with Gasteiger partial charge >= 0.3 is 0 Å². The monoisotopic (exact) mass is 129 g/mol. The van der Waals surface area contributed by atoms with Crippen LogP contribution < -0.4 is 0 Å². The predicted molar refractivity (Wildman–Crippen MR) is 42.6 cm³/mol. The van der Waals surface area contributed by atoms with Crippen molar-refractivity contribution in [2.24, 2.45) is 0 Å². The van der Waals surface area contributed by atoms with Crippen LogP contribution in [0.25, 0.3) is 0 Å². The minimum atomic E-state index is 0.584. The van der Waals surface area contributed by atoms with E-state index in [0.29, 0.717) is 5.92 Å². The van der Waals surface area contributed by atoms with Gasteiger partial charge in [0, 0.05) is 5.92 Å². The van der Waals surface area contributed by atoms with E-state index in [1.165, 1.54) is 5.56 Å². The second-order valence-corrected chi connectivity index (χ2v) is 2.51. The summed E-state index contributed by atoms with van der Waals surface area (Å²) in [7, 11) is 0. The van der Waals surface area contributed by atoms with Crippen LogP contribution in [0, 0.1) is 6.42 Å². The summed E-state index contributed by atoms with van der Waals surface area (Å²) < 4.78 is 0. The lowest BCUT2D eigenvalue weighted by molar-refractivity contribution is 0.960. The van der Waals surface area contributed by atoms with E-state index >= 15 is 0 Å². The molecule has 1 radical (unpaired) electrons. The smallest absolute Gasteiger partial charge is 0.00868 e. The molecule has 1 aromatic carbocycles. The lowest BCUT2D eigenvalue weighted by Gasteiger charge is -2.16. The molecule has 0 fully saturated rings. The Morgan fingerprint density at radius 2 is 1.70 bits per heavy atom. The van der Waals surface area contributed by atoms with Crippen molar-refractivity contribution in [1.82, 2.24) is 0 Å². The molecule has 0 spiro atoms. The lowest BCUT2D eigenvalue weighted by atomic mass is 9.88. The summed E-state index contributed by atoms with van der Waals surface area (Å²) in [6.07, 6.45) is 6.50. The first-order valence-corrected chi connectivity index (χ1v) is 3.53. The van der Waals surface area contributed by atoms with Crippen LogP contribution in [0.2, 0.25) is 0 Å². The van der Waals surface area contributed by atoms with Gasteiger partial charge in [0.25, 0.3) is 0 Å². The van der Waals surface area contributed by atoms with Crippen molar-refractivity contribution in [2.45, 2.75) is 5.92 Å². The highest BCUT2D eigenvalue weighted by atomic mass is 14.1. The van der Waals surface area contributed by atoms with Crippen molar-refractivity contribution >= 4 is 0 Å². The molecular formula is C10H9. The first kappa shape index (κ1) is 5.72. The number of allylic oxidation sites excluding steroid dienone is 2. The quantitative estimate of drug-likeness (QED) is 0.546. The number of rotatable bonds is 1. The Hall–Kier alpha value is -1.04. The second kappa shape index (κ2) is 2.30. The van der Waals surface area contributed by atoms with Crippen LogP contribution in [0.4, 0.5) is 0 Å². The van der Waals surface area contributed by atoms with Crippen molar-refractivity contribution in [1.29, 1.82) is 0 Å². The second-order valence-electron chi connectivity index (χ2n) is 2.51. The Balaban J connectivity index is 2.26. The van der Waals surface area contributed by atoms with Crippen LogP contribution in [-0.2, 0) is 0 Å². The highest BCUT2D eigenvalue weighted by Gasteiger charge is 2.11. The average molecular weight is 129 g/mol.